The smallest absolute Gasteiger partial charge is 0.224 e. The lowest BCUT2D eigenvalue weighted by molar-refractivity contribution is -0.116. The number of piperazine rings is 1. The summed E-state index contributed by atoms with van der Waals surface area (Å²) in [6.45, 7) is 6.09. The molecule has 194 valence electrons. The monoisotopic (exact) mass is 509 g/mol. The number of anilines is 2. The summed E-state index contributed by atoms with van der Waals surface area (Å²) in [4.78, 5) is 33.9. The number of H-pyrrole nitrogens is 2. The number of unbranched alkanes of at least 4 members (excludes halogenated alkanes) is 1. The molecule has 5 aromatic rings. The van der Waals surface area contributed by atoms with E-state index in [0.29, 0.717) is 17.8 Å². The van der Waals surface area contributed by atoms with Crippen molar-refractivity contribution in [2.45, 2.75) is 26.2 Å². The Labute approximate surface area is 220 Å². The maximum absolute atomic E-state index is 12.2. The van der Waals surface area contributed by atoms with Crippen molar-refractivity contribution in [1.82, 2.24) is 35.0 Å². The second-order valence-electron chi connectivity index (χ2n) is 9.90. The Kier molecular flexibility index (Phi) is 6.47. The van der Waals surface area contributed by atoms with E-state index in [0.717, 1.165) is 83.5 Å². The molecular weight excluding hydrogens is 478 g/mol. The first-order valence-electron chi connectivity index (χ1n) is 13.1. The number of aromatic amines is 2. The van der Waals surface area contributed by atoms with Crippen LogP contribution in [-0.2, 0) is 4.79 Å². The first-order valence-corrected chi connectivity index (χ1v) is 13.1. The standard InChI is InChI=1S/C28H31N9O/c1-3-4-5-26(38)32-20-10-18(13-29-15-20)19-11-22-27(34-35-28(22)31-14-19)23-12-21-24(33-23)16-30-17-25(21)37-8-6-36(2)7-9-37/h10-17,33H,3-9H2,1-2H3,(H,32,38)(H,31,34,35). The summed E-state index contributed by atoms with van der Waals surface area (Å²) in [7, 11) is 2.16. The number of aromatic nitrogens is 6. The normalized spacial score (nSPS) is 14.4. The zero-order valence-corrected chi connectivity index (χ0v) is 21.7. The Morgan fingerprint density at radius 3 is 2.63 bits per heavy atom. The van der Waals surface area contributed by atoms with E-state index >= 15 is 0 Å². The molecule has 38 heavy (non-hydrogen) atoms. The molecule has 0 saturated carbocycles. The lowest BCUT2D eigenvalue weighted by atomic mass is 10.1. The number of fused-ring (bicyclic) bond motifs is 2. The van der Waals surface area contributed by atoms with Crippen molar-refractivity contribution < 1.29 is 4.79 Å². The van der Waals surface area contributed by atoms with Crippen LogP contribution < -0.4 is 10.2 Å². The second-order valence-corrected chi connectivity index (χ2v) is 9.90. The van der Waals surface area contributed by atoms with Gasteiger partial charge in [0, 0.05) is 66.9 Å². The fourth-order valence-electron chi connectivity index (χ4n) is 4.96. The number of hydrogen-bond acceptors (Lipinski definition) is 7. The van der Waals surface area contributed by atoms with E-state index in [-0.39, 0.29) is 5.91 Å². The molecule has 0 unspecified atom stereocenters. The van der Waals surface area contributed by atoms with Crippen molar-refractivity contribution >= 4 is 39.2 Å². The molecule has 5 aromatic heterocycles. The van der Waals surface area contributed by atoms with Gasteiger partial charge in [0.25, 0.3) is 0 Å². The van der Waals surface area contributed by atoms with Gasteiger partial charge in [-0.05, 0) is 31.7 Å². The number of carbonyl (C=O) groups excluding carboxylic acids is 1. The summed E-state index contributed by atoms with van der Waals surface area (Å²) < 4.78 is 0. The van der Waals surface area contributed by atoms with E-state index in [4.69, 9.17) is 0 Å². The molecule has 1 aliphatic heterocycles. The van der Waals surface area contributed by atoms with Gasteiger partial charge in [0.1, 0.15) is 0 Å². The van der Waals surface area contributed by atoms with Gasteiger partial charge in [-0.3, -0.25) is 19.9 Å². The summed E-state index contributed by atoms with van der Waals surface area (Å²) in [5.74, 6) is 0.000687. The Morgan fingerprint density at radius 1 is 0.974 bits per heavy atom. The van der Waals surface area contributed by atoms with Crippen molar-refractivity contribution in [2.75, 3.05) is 43.4 Å². The fourth-order valence-corrected chi connectivity index (χ4v) is 4.96. The van der Waals surface area contributed by atoms with Crippen LogP contribution in [0, 0.1) is 0 Å². The highest BCUT2D eigenvalue weighted by molar-refractivity contribution is 5.99. The molecule has 0 aromatic carbocycles. The Balaban J connectivity index is 1.33. The molecule has 1 saturated heterocycles. The minimum absolute atomic E-state index is 0.000687. The van der Waals surface area contributed by atoms with E-state index < -0.39 is 0 Å². The van der Waals surface area contributed by atoms with Crippen LogP contribution in [0.3, 0.4) is 0 Å². The molecular formula is C28H31N9O. The predicted molar refractivity (Wildman–Crippen MR) is 150 cm³/mol. The van der Waals surface area contributed by atoms with E-state index in [1.165, 1.54) is 0 Å². The van der Waals surface area contributed by atoms with Crippen LogP contribution in [0.4, 0.5) is 11.4 Å². The molecule has 0 atom stereocenters. The van der Waals surface area contributed by atoms with Gasteiger partial charge in [0.05, 0.1) is 46.9 Å². The van der Waals surface area contributed by atoms with Gasteiger partial charge in [-0.25, -0.2) is 4.98 Å². The third-order valence-electron chi connectivity index (χ3n) is 7.16. The van der Waals surface area contributed by atoms with Crippen molar-refractivity contribution in [2.24, 2.45) is 0 Å². The zero-order valence-electron chi connectivity index (χ0n) is 21.7. The third kappa shape index (κ3) is 4.70. The molecule has 1 fully saturated rings. The third-order valence-corrected chi connectivity index (χ3v) is 7.16. The van der Waals surface area contributed by atoms with Gasteiger partial charge >= 0.3 is 0 Å². The van der Waals surface area contributed by atoms with Crippen molar-refractivity contribution in [3.63, 3.8) is 0 Å². The number of nitrogens with one attached hydrogen (secondary N) is 3. The van der Waals surface area contributed by atoms with Crippen LogP contribution >= 0.6 is 0 Å². The van der Waals surface area contributed by atoms with Crippen LogP contribution in [0.25, 0.3) is 44.5 Å². The number of amides is 1. The molecule has 10 heteroatoms. The van der Waals surface area contributed by atoms with Gasteiger partial charge in [-0.2, -0.15) is 5.10 Å². The van der Waals surface area contributed by atoms with Crippen LogP contribution in [-0.4, -0.2) is 74.2 Å². The number of carbonyl (C=O) groups is 1. The average molecular weight is 510 g/mol. The fraction of sp³-hybridized carbons (Fsp3) is 0.321. The molecule has 1 amide bonds. The number of hydrogen-bond donors (Lipinski definition) is 3. The number of likely N-dealkylation sites (N-methyl/N-ethyl adjacent to an activating group) is 1. The SMILES string of the molecule is CCCCC(=O)Nc1cncc(-c2cnc3n[nH]c(-c4cc5c(N6CCN(C)CC6)cncc5[nH]4)c3c2)c1. The molecule has 10 nitrogen and oxygen atoms in total. The molecule has 0 bridgehead atoms. The number of nitrogens with zero attached hydrogens (tertiary/aromatic N) is 6. The Hall–Kier alpha value is -4.31. The summed E-state index contributed by atoms with van der Waals surface area (Å²) in [5.41, 5.74) is 7.01. The summed E-state index contributed by atoms with van der Waals surface area (Å²) >= 11 is 0. The van der Waals surface area contributed by atoms with Gasteiger partial charge in [0.2, 0.25) is 5.91 Å². The van der Waals surface area contributed by atoms with E-state index in [2.05, 4.69) is 71.4 Å². The van der Waals surface area contributed by atoms with E-state index in [1.54, 1.807) is 18.6 Å². The predicted octanol–water partition coefficient (Wildman–Crippen LogP) is 4.44. The highest BCUT2D eigenvalue weighted by Gasteiger charge is 2.19. The molecule has 6 heterocycles. The van der Waals surface area contributed by atoms with E-state index in [9.17, 15) is 4.79 Å². The largest absolute Gasteiger partial charge is 0.367 e. The molecule has 1 aliphatic rings. The first-order chi connectivity index (χ1) is 18.6. The van der Waals surface area contributed by atoms with Gasteiger partial charge in [-0.15, -0.1) is 0 Å². The highest BCUT2D eigenvalue weighted by atomic mass is 16.1. The molecule has 3 N–H and O–H groups in total. The molecule has 0 aliphatic carbocycles. The van der Waals surface area contributed by atoms with Gasteiger partial charge in [-0.1, -0.05) is 13.3 Å². The van der Waals surface area contributed by atoms with Gasteiger partial charge < -0.3 is 20.1 Å². The lowest BCUT2D eigenvalue weighted by Gasteiger charge is -2.34. The quantitative estimate of drug-likeness (QED) is 0.297. The van der Waals surface area contributed by atoms with Crippen molar-refractivity contribution in [3.05, 3.63) is 49.2 Å². The molecule has 0 spiro atoms. The minimum Gasteiger partial charge on any atom is -0.367 e. The molecule has 6 rings (SSSR count). The van der Waals surface area contributed by atoms with Crippen LogP contribution in [0.2, 0.25) is 0 Å². The zero-order chi connectivity index (χ0) is 26.1. The highest BCUT2D eigenvalue weighted by Crippen LogP contribution is 2.34. The maximum Gasteiger partial charge on any atom is 0.224 e. The average Bonchev–Trinajstić information content (AvgIpc) is 3.56. The molecule has 0 radical (unpaired) electrons. The summed E-state index contributed by atoms with van der Waals surface area (Å²) in [6.07, 6.45) is 11.4. The van der Waals surface area contributed by atoms with Crippen molar-refractivity contribution in [3.8, 4) is 22.5 Å². The number of rotatable bonds is 7. The Morgan fingerprint density at radius 2 is 1.79 bits per heavy atom. The Bertz CT molecular complexity index is 1600. The van der Waals surface area contributed by atoms with Crippen molar-refractivity contribution in [1.29, 1.82) is 0 Å². The summed E-state index contributed by atoms with van der Waals surface area (Å²) in [5, 5.41) is 12.6. The minimum atomic E-state index is 0.000687. The summed E-state index contributed by atoms with van der Waals surface area (Å²) in [6, 6.07) is 6.15. The van der Waals surface area contributed by atoms with E-state index in [1.807, 2.05) is 18.5 Å². The lowest BCUT2D eigenvalue weighted by Crippen LogP contribution is -2.44. The van der Waals surface area contributed by atoms with Gasteiger partial charge in [0.15, 0.2) is 5.65 Å². The first kappa shape index (κ1) is 24.1. The van der Waals surface area contributed by atoms with Crippen LogP contribution in [0.5, 0.6) is 0 Å². The van der Waals surface area contributed by atoms with Crippen LogP contribution in [0.1, 0.15) is 26.2 Å². The second kappa shape index (κ2) is 10.2. The van der Waals surface area contributed by atoms with Crippen LogP contribution in [0.15, 0.2) is 49.2 Å². The maximum atomic E-state index is 12.2. The number of pyridine rings is 3. The topological polar surface area (TPSA) is 119 Å².